The number of aromatic nitrogens is 3. The van der Waals surface area contributed by atoms with Crippen molar-refractivity contribution in [2.45, 2.75) is 19.9 Å². The first-order valence-corrected chi connectivity index (χ1v) is 4.08. The zero-order valence-electron chi connectivity index (χ0n) is 7.42. The lowest BCUT2D eigenvalue weighted by Crippen LogP contribution is -2.24. The molecular weight excluding hydrogens is 156 g/mol. The number of nitrogens with one attached hydrogen (secondary N) is 2. The molecule has 12 heavy (non-hydrogen) atoms. The smallest absolute Gasteiger partial charge is 0.318 e. The number of aryl methyl sites for hydroxylation is 1. The van der Waals surface area contributed by atoms with E-state index in [1.165, 1.54) is 4.68 Å². The van der Waals surface area contributed by atoms with Gasteiger partial charge >= 0.3 is 5.69 Å². The number of rotatable bonds is 4. The number of likely N-dealkylation sites (N-methyl/N-ethyl adjacent to an activating group) is 1. The van der Waals surface area contributed by atoms with Crippen molar-refractivity contribution in [3.8, 4) is 0 Å². The molecule has 0 aliphatic heterocycles. The molecule has 0 aliphatic carbocycles. The quantitative estimate of drug-likeness (QED) is 0.631. The topological polar surface area (TPSA) is 62.7 Å². The maximum atomic E-state index is 11.1. The third-order valence-electron chi connectivity index (χ3n) is 1.64. The lowest BCUT2D eigenvalue weighted by atomic mass is 10.5. The van der Waals surface area contributed by atoms with Crippen LogP contribution in [-0.2, 0) is 13.0 Å². The van der Waals surface area contributed by atoms with E-state index in [4.69, 9.17) is 0 Å². The van der Waals surface area contributed by atoms with Crippen molar-refractivity contribution in [3.63, 3.8) is 0 Å². The van der Waals surface area contributed by atoms with Gasteiger partial charge in [0.1, 0.15) is 5.82 Å². The van der Waals surface area contributed by atoms with Crippen molar-refractivity contribution in [1.82, 2.24) is 20.1 Å². The van der Waals surface area contributed by atoms with Gasteiger partial charge in [-0.3, -0.25) is 4.98 Å². The Labute approximate surface area is 70.8 Å². The minimum atomic E-state index is -0.123. The minimum Gasteiger partial charge on any atom is -0.318 e. The highest BCUT2D eigenvalue weighted by Crippen LogP contribution is 1.84. The van der Waals surface area contributed by atoms with E-state index in [0.717, 1.165) is 18.8 Å². The Balaban J connectivity index is 2.71. The summed E-state index contributed by atoms with van der Waals surface area (Å²) in [6, 6.07) is 0. The summed E-state index contributed by atoms with van der Waals surface area (Å²) in [5.41, 5.74) is -0.123. The van der Waals surface area contributed by atoms with Crippen LogP contribution >= 0.6 is 0 Å². The van der Waals surface area contributed by atoms with E-state index >= 15 is 0 Å². The molecule has 0 amide bonds. The molecule has 0 aromatic carbocycles. The van der Waals surface area contributed by atoms with E-state index in [1.54, 1.807) is 0 Å². The lowest BCUT2D eigenvalue weighted by molar-refractivity contribution is 0.563. The van der Waals surface area contributed by atoms with Gasteiger partial charge in [0, 0.05) is 13.0 Å². The van der Waals surface area contributed by atoms with Gasteiger partial charge in [-0.1, -0.05) is 6.92 Å². The molecule has 0 unspecified atom stereocenters. The Kier molecular flexibility index (Phi) is 3.04. The highest BCUT2D eigenvalue weighted by Gasteiger charge is 2.00. The van der Waals surface area contributed by atoms with Crippen LogP contribution in [0.25, 0.3) is 0 Å². The van der Waals surface area contributed by atoms with E-state index in [9.17, 15) is 4.79 Å². The molecule has 0 aliphatic rings. The third-order valence-corrected chi connectivity index (χ3v) is 1.64. The Hall–Kier alpha value is -1.10. The molecule has 1 heterocycles. The number of aromatic amines is 1. The van der Waals surface area contributed by atoms with Crippen LogP contribution in [0.15, 0.2) is 4.79 Å². The van der Waals surface area contributed by atoms with Crippen LogP contribution in [0.3, 0.4) is 0 Å². The maximum Gasteiger partial charge on any atom is 0.343 e. The van der Waals surface area contributed by atoms with Gasteiger partial charge in [-0.25, -0.2) is 9.48 Å². The van der Waals surface area contributed by atoms with Crippen LogP contribution in [0.4, 0.5) is 0 Å². The van der Waals surface area contributed by atoms with Crippen molar-refractivity contribution < 1.29 is 0 Å². The van der Waals surface area contributed by atoms with Crippen molar-refractivity contribution >= 4 is 0 Å². The van der Waals surface area contributed by atoms with Gasteiger partial charge < -0.3 is 5.32 Å². The predicted octanol–water partition coefficient (Wildman–Crippen LogP) is -0.647. The molecule has 2 N–H and O–H groups in total. The van der Waals surface area contributed by atoms with Crippen LogP contribution in [0.2, 0.25) is 0 Å². The van der Waals surface area contributed by atoms with Gasteiger partial charge in [-0.05, 0) is 7.05 Å². The van der Waals surface area contributed by atoms with Crippen molar-refractivity contribution in [2.75, 3.05) is 13.6 Å². The zero-order chi connectivity index (χ0) is 8.97. The van der Waals surface area contributed by atoms with Crippen molar-refractivity contribution in [2.24, 2.45) is 0 Å². The molecule has 5 heteroatoms. The summed E-state index contributed by atoms with van der Waals surface area (Å²) < 4.78 is 1.44. The van der Waals surface area contributed by atoms with E-state index in [2.05, 4.69) is 15.4 Å². The normalized spacial score (nSPS) is 10.5. The molecule has 0 fully saturated rings. The molecule has 1 rings (SSSR count). The Morgan fingerprint density at radius 1 is 1.67 bits per heavy atom. The molecule has 68 valence electrons. The van der Waals surface area contributed by atoms with Crippen LogP contribution in [-0.4, -0.2) is 28.4 Å². The number of nitrogens with zero attached hydrogens (tertiary/aromatic N) is 2. The van der Waals surface area contributed by atoms with Crippen molar-refractivity contribution in [1.29, 1.82) is 0 Å². The van der Waals surface area contributed by atoms with E-state index in [1.807, 2.05) is 14.0 Å². The second-order valence-electron chi connectivity index (χ2n) is 2.56. The highest BCUT2D eigenvalue weighted by atomic mass is 16.1. The monoisotopic (exact) mass is 170 g/mol. The molecular formula is C7H14N4O. The van der Waals surface area contributed by atoms with Gasteiger partial charge in [0.15, 0.2) is 0 Å². The Morgan fingerprint density at radius 2 is 2.42 bits per heavy atom. The van der Waals surface area contributed by atoms with Crippen molar-refractivity contribution in [3.05, 3.63) is 16.3 Å². The molecule has 0 saturated carbocycles. The molecule has 0 radical (unpaired) electrons. The maximum absolute atomic E-state index is 11.1. The summed E-state index contributed by atoms with van der Waals surface area (Å²) in [7, 11) is 1.85. The first-order chi connectivity index (χ1) is 5.77. The highest BCUT2D eigenvalue weighted by molar-refractivity contribution is 4.80. The fraction of sp³-hybridized carbons (Fsp3) is 0.714. The summed E-state index contributed by atoms with van der Waals surface area (Å²) >= 11 is 0. The summed E-state index contributed by atoms with van der Waals surface area (Å²) in [6.45, 7) is 3.33. The number of H-pyrrole nitrogens is 1. The van der Waals surface area contributed by atoms with Gasteiger partial charge in [-0.2, -0.15) is 5.10 Å². The number of hydrogen-bond acceptors (Lipinski definition) is 3. The summed E-state index contributed by atoms with van der Waals surface area (Å²) in [6.07, 6.45) is 0.766. The molecule has 0 atom stereocenters. The largest absolute Gasteiger partial charge is 0.343 e. The van der Waals surface area contributed by atoms with Crippen LogP contribution < -0.4 is 11.0 Å². The van der Waals surface area contributed by atoms with Crippen LogP contribution in [0.5, 0.6) is 0 Å². The summed E-state index contributed by atoms with van der Waals surface area (Å²) in [5.74, 6) is 0.746. The average molecular weight is 170 g/mol. The second-order valence-corrected chi connectivity index (χ2v) is 2.56. The molecule has 0 bridgehead atoms. The standard InChI is InChI=1S/C7H14N4O/c1-3-6-9-7(12)11(10-6)5-4-8-2/h8H,3-5H2,1-2H3,(H,9,10,12). The van der Waals surface area contributed by atoms with E-state index in [-0.39, 0.29) is 5.69 Å². The SMILES string of the molecule is CCc1nn(CCNC)c(=O)[nH]1. The fourth-order valence-electron chi connectivity index (χ4n) is 0.932. The molecule has 1 aromatic heterocycles. The molecule has 5 nitrogen and oxygen atoms in total. The van der Waals surface area contributed by atoms with Gasteiger partial charge in [0.2, 0.25) is 0 Å². The van der Waals surface area contributed by atoms with Gasteiger partial charge in [0.25, 0.3) is 0 Å². The first kappa shape index (κ1) is 8.99. The van der Waals surface area contributed by atoms with Gasteiger partial charge in [0.05, 0.1) is 6.54 Å². The predicted molar refractivity (Wildman–Crippen MR) is 46.2 cm³/mol. The summed E-state index contributed by atoms with van der Waals surface area (Å²) in [5, 5.41) is 7.03. The minimum absolute atomic E-state index is 0.123. The Bertz CT molecular complexity index is 288. The second kappa shape index (κ2) is 4.06. The molecule has 0 saturated heterocycles. The fourth-order valence-corrected chi connectivity index (χ4v) is 0.932. The zero-order valence-corrected chi connectivity index (χ0v) is 7.42. The third kappa shape index (κ3) is 1.94. The average Bonchev–Trinajstić information content (AvgIpc) is 2.43. The molecule has 1 aromatic rings. The van der Waals surface area contributed by atoms with Gasteiger partial charge in [-0.15, -0.1) is 0 Å². The first-order valence-electron chi connectivity index (χ1n) is 4.08. The van der Waals surface area contributed by atoms with E-state index < -0.39 is 0 Å². The lowest BCUT2D eigenvalue weighted by Gasteiger charge is -1.96. The Morgan fingerprint density at radius 3 is 2.92 bits per heavy atom. The van der Waals surface area contributed by atoms with Crippen LogP contribution in [0.1, 0.15) is 12.7 Å². The van der Waals surface area contributed by atoms with E-state index in [0.29, 0.717) is 6.54 Å². The summed E-state index contributed by atoms with van der Waals surface area (Å²) in [4.78, 5) is 13.8. The van der Waals surface area contributed by atoms with Crippen LogP contribution in [0, 0.1) is 0 Å². The molecule has 0 spiro atoms. The number of hydrogen-bond donors (Lipinski definition) is 2.